The molecule has 0 unspecified atom stereocenters. The molecule has 2 rings (SSSR count). The number of hydrogen-bond acceptors (Lipinski definition) is 2. The quantitative estimate of drug-likeness (QED) is 0.803. The Morgan fingerprint density at radius 2 is 1.86 bits per heavy atom. The Morgan fingerprint density at radius 1 is 1.14 bits per heavy atom. The summed E-state index contributed by atoms with van der Waals surface area (Å²) in [6, 6.07) is 12.9. The van der Waals surface area contributed by atoms with E-state index in [0.717, 1.165) is 17.0 Å². The minimum absolute atomic E-state index is 0.520. The normalized spacial score (nSPS) is 10.0. The highest BCUT2D eigenvalue weighted by Gasteiger charge is 2.03. The fraction of sp³-hybridized carbons (Fsp3) is 0.133. The Balaban J connectivity index is 1.89. The van der Waals surface area contributed by atoms with Crippen LogP contribution in [0.2, 0.25) is 10.0 Å². The number of ether oxygens (including phenoxy) is 1. The van der Waals surface area contributed by atoms with E-state index < -0.39 is 0 Å². The standard InChI is InChI=1S/C15H14Cl2N2OS/c1-20-13-6-4-12(5-7-13)19-15(21)18-9-10-2-3-11(16)8-14(10)17/h2-8H,9H2,1H3,(H2,18,19,21). The first-order valence-corrected chi connectivity index (χ1v) is 7.38. The van der Waals surface area contributed by atoms with Crippen molar-refractivity contribution in [1.82, 2.24) is 5.32 Å². The molecule has 0 radical (unpaired) electrons. The molecular weight excluding hydrogens is 327 g/mol. The molecule has 0 atom stereocenters. The minimum Gasteiger partial charge on any atom is -0.497 e. The maximum absolute atomic E-state index is 6.10. The van der Waals surface area contributed by atoms with Gasteiger partial charge in [-0.1, -0.05) is 29.3 Å². The Hall–Kier alpha value is -1.49. The fourth-order valence-electron chi connectivity index (χ4n) is 1.69. The van der Waals surface area contributed by atoms with Crippen LogP contribution in [0.4, 0.5) is 5.69 Å². The van der Waals surface area contributed by atoms with Gasteiger partial charge in [0, 0.05) is 22.3 Å². The van der Waals surface area contributed by atoms with E-state index in [2.05, 4.69) is 10.6 Å². The highest BCUT2D eigenvalue weighted by Crippen LogP contribution is 2.20. The first-order valence-electron chi connectivity index (χ1n) is 6.21. The van der Waals surface area contributed by atoms with Gasteiger partial charge in [-0.2, -0.15) is 0 Å². The molecule has 0 spiro atoms. The van der Waals surface area contributed by atoms with Crippen LogP contribution in [0.3, 0.4) is 0 Å². The Kier molecular flexibility index (Phi) is 5.67. The maximum atomic E-state index is 6.10. The predicted molar refractivity (Wildman–Crippen MR) is 92.5 cm³/mol. The molecule has 0 aromatic heterocycles. The Morgan fingerprint density at radius 3 is 2.48 bits per heavy atom. The zero-order valence-corrected chi connectivity index (χ0v) is 13.6. The van der Waals surface area contributed by atoms with Gasteiger partial charge >= 0.3 is 0 Å². The minimum atomic E-state index is 0.520. The molecule has 0 aliphatic heterocycles. The van der Waals surface area contributed by atoms with Gasteiger partial charge in [-0.05, 0) is 54.2 Å². The first-order chi connectivity index (χ1) is 10.1. The number of anilines is 1. The molecule has 0 heterocycles. The number of thiocarbonyl (C=S) groups is 1. The first kappa shape index (κ1) is 15.9. The van der Waals surface area contributed by atoms with Gasteiger partial charge in [0.25, 0.3) is 0 Å². The van der Waals surface area contributed by atoms with Crippen LogP contribution in [0.5, 0.6) is 5.75 Å². The number of methoxy groups -OCH3 is 1. The third-order valence-electron chi connectivity index (χ3n) is 2.80. The summed E-state index contributed by atoms with van der Waals surface area (Å²) in [6.45, 7) is 0.526. The summed E-state index contributed by atoms with van der Waals surface area (Å²) in [5, 5.41) is 7.93. The lowest BCUT2D eigenvalue weighted by Crippen LogP contribution is -2.27. The lowest BCUT2D eigenvalue weighted by molar-refractivity contribution is 0.415. The van der Waals surface area contributed by atoms with Crippen LogP contribution < -0.4 is 15.4 Å². The molecule has 2 aromatic rings. The molecule has 3 nitrogen and oxygen atoms in total. The molecule has 0 saturated carbocycles. The molecule has 0 aliphatic rings. The van der Waals surface area contributed by atoms with Crippen LogP contribution in [0.1, 0.15) is 5.56 Å². The lowest BCUT2D eigenvalue weighted by atomic mass is 10.2. The molecule has 0 saturated heterocycles. The van der Waals surface area contributed by atoms with Gasteiger partial charge in [0.2, 0.25) is 0 Å². The Bertz CT molecular complexity index is 632. The van der Waals surface area contributed by atoms with E-state index in [1.54, 1.807) is 19.2 Å². The average Bonchev–Trinajstić information content (AvgIpc) is 2.47. The van der Waals surface area contributed by atoms with E-state index in [0.29, 0.717) is 21.7 Å². The van der Waals surface area contributed by atoms with Crippen molar-refractivity contribution >= 4 is 46.2 Å². The monoisotopic (exact) mass is 340 g/mol. The van der Waals surface area contributed by atoms with E-state index in [1.807, 2.05) is 30.3 Å². The van der Waals surface area contributed by atoms with Gasteiger partial charge in [-0.3, -0.25) is 0 Å². The largest absolute Gasteiger partial charge is 0.497 e. The zero-order chi connectivity index (χ0) is 15.2. The summed E-state index contributed by atoms with van der Waals surface area (Å²) in [5.41, 5.74) is 1.82. The number of benzene rings is 2. The number of nitrogens with one attached hydrogen (secondary N) is 2. The van der Waals surface area contributed by atoms with Crippen LogP contribution in [0, 0.1) is 0 Å². The SMILES string of the molecule is COc1ccc(NC(=S)NCc2ccc(Cl)cc2Cl)cc1. The molecule has 0 bridgehead atoms. The topological polar surface area (TPSA) is 33.3 Å². The zero-order valence-electron chi connectivity index (χ0n) is 11.3. The van der Waals surface area contributed by atoms with Crippen LogP contribution in [0.25, 0.3) is 0 Å². The summed E-state index contributed by atoms with van der Waals surface area (Å²) in [4.78, 5) is 0. The van der Waals surface area contributed by atoms with Crippen LogP contribution >= 0.6 is 35.4 Å². The van der Waals surface area contributed by atoms with E-state index in [9.17, 15) is 0 Å². The third kappa shape index (κ3) is 4.77. The molecule has 21 heavy (non-hydrogen) atoms. The van der Waals surface area contributed by atoms with Crippen molar-refractivity contribution < 1.29 is 4.74 Å². The molecule has 110 valence electrons. The van der Waals surface area contributed by atoms with Gasteiger partial charge in [-0.25, -0.2) is 0 Å². The van der Waals surface area contributed by atoms with Crippen molar-refractivity contribution in [2.45, 2.75) is 6.54 Å². The smallest absolute Gasteiger partial charge is 0.171 e. The molecule has 0 amide bonds. The summed E-state index contributed by atoms with van der Waals surface area (Å²) in [6.07, 6.45) is 0. The van der Waals surface area contributed by atoms with Crippen molar-refractivity contribution in [2.24, 2.45) is 0 Å². The van der Waals surface area contributed by atoms with Gasteiger partial charge < -0.3 is 15.4 Å². The summed E-state index contributed by atoms with van der Waals surface area (Å²) in [5.74, 6) is 0.798. The number of halogens is 2. The van der Waals surface area contributed by atoms with Crippen molar-refractivity contribution in [3.8, 4) is 5.75 Å². The van der Waals surface area contributed by atoms with Crippen molar-refractivity contribution in [2.75, 3.05) is 12.4 Å². The Labute approximate surface area is 139 Å². The fourth-order valence-corrected chi connectivity index (χ4v) is 2.36. The van der Waals surface area contributed by atoms with Crippen LogP contribution in [-0.4, -0.2) is 12.2 Å². The van der Waals surface area contributed by atoms with Crippen molar-refractivity contribution in [3.63, 3.8) is 0 Å². The van der Waals surface area contributed by atoms with Crippen LogP contribution in [-0.2, 0) is 6.54 Å². The second-order valence-electron chi connectivity index (χ2n) is 4.27. The lowest BCUT2D eigenvalue weighted by Gasteiger charge is -2.12. The van der Waals surface area contributed by atoms with Gasteiger partial charge in [0.15, 0.2) is 5.11 Å². The van der Waals surface area contributed by atoms with Crippen LogP contribution in [0.15, 0.2) is 42.5 Å². The van der Waals surface area contributed by atoms with Gasteiger partial charge in [0.1, 0.15) is 5.75 Å². The number of hydrogen-bond donors (Lipinski definition) is 2. The maximum Gasteiger partial charge on any atom is 0.171 e. The molecule has 2 aromatic carbocycles. The predicted octanol–water partition coefficient (Wildman–Crippen LogP) is 4.49. The van der Waals surface area contributed by atoms with Crippen molar-refractivity contribution in [3.05, 3.63) is 58.1 Å². The molecular formula is C15H14Cl2N2OS. The second-order valence-corrected chi connectivity index (χ2v) is 5.52. The highest BCUT2D eigenvalue weighted by atomic mass is 35.5. The summed E-state index contributed by atoms with van der Waals surface area (Å²) in [7, 11) is 1.63. The van der Waals surface area contributed by atoms with Gasteiger partial charge in [0.05, 0.1) is 7.11 Å². The van der Waals surface area contributed by atoms with E-state index >= 15 is 0 Å². The van der Waals surface area contributed by atoms with E-state index in [4.69, 9.17) is 40.2 Å². The summed E-state index contributed by atoms with van der Waals surface area (Å²) >= 11 is 17.2. The van der Waals surface area contributed by atoms with E-state index in [-0.39, 0.29) is 0 Å². The third-order valence-corrected chi connectivity index (χ3v) is 3.64. The molecule has 2 N–H and O–H groups in total. The molecule has 0 aliphatic carbocycles. The summed E-state index contributed by atoms with van der Waals surface area (Å²) < 4.78 is 5.10. The number of rotatable bonds is 4. The molecule has 6 heteroatoms. The second kappa shape index (κ2) is 7.50. The van der Waals surface area contributed by atoms with Crippen molar-refractivity contribution in [1.29, 1.82) is 0 Å². The van der Waals surface area contributed by atoms with Gasteiger partial charge in [-0.15, -0.1) is 0 Å². The van der Waals surface area contributed by atoms with E-state index in [1.165, 1.54) is 0 Å². The molecule has 0 fully saturated rings. The average molecular weight is 341 g/mol. The highest BCUT2D eigenvalue weighted by molar-refractivity contribution is 7.80.